The minimum absolute atomic E-state index is 0.0361. The molecule has 2 fully saturated rings. The minimum Gasteiger partial charge on any atom is -0.310 e. The molecule has 4 amide bonds. The number of benzene rings is 1. The number of carbonyl (C=O) groups excluding carboxylic acids is 3. The normalized spacial score (nSPS) is 24.0. The number of nitrogens with one attached hydrogen (secondary N) is 2. The molecule has 114 valence electrons. The van der Waals surface area contributed by atoms with Crippen LogP contribution in [0.4, 0.5) is 10.5 Å². The predicted molar refractivity (Wildman–Crippen MR) is 81.6 cm³/mol. The molecule has 7 heteroatoms. The molecule has 0 aliphatic carbocycles. The Hall–Kier alpha value is -2.18. The van der Waals surface area contributed by atoms with Crippen LogP contribution in [0.2, 0.25) is 5.02 Å². The van der Waals surface area contributed by atoms with Crippen molar-refractivity contribution in [2.24, 2.45) is 0 Å². The van der Waals surface area contributed by atoms with Gasteiger partial charge >= 0.3 is 6.03 Å². The van der Waals surface area contributed by atoms with Gasteiger partial charge in [0, 0.05) is 6.04 Å². The van der Waals surface area contributed by atoms with Crippen molar-refractivity contribution in [3.05, 3.63) is 40.9 Å². The number of hydrogen-bond donors (Lipinski definition) is 2. The van der Waals surface area contributed by atoms with Crippen molar-refractivity contribution in [2.45, 2.75) is 18.9 Å². The summed E-state index contributed by atoms with van der Waals surface area (Å²) in [4.78, 5) is 37.4. The molecule has 1 aromatic rings. The first-order chi connectivity index (χ1) is 10.6. The molecule has 6 nitrogen and oxygen atoms in total. The highest BCUT2D eigenvalue weighted by Gasteiger charge is 2.38. The van der Waals surface area contributed by atoms with E-state index in [-0.39, 0.29) is 22.3 Å². The Balaban J connectivity index is 1.97. The SMILES string of the molecule is O=C1NC(=O)N(c2ccccc2Cl)C(=O)/C1=C/C1CCCN1. The topological polar surface area (TPSA) is 78.5 Å². The second-order valence-corrected chi connectivity index (χ2v) is 5.54. The zero-order chi connectivity index (χ0) is 15.7. The summed E-state index contributed by atoms with van der Waals surface area (Å²) in [5.74, 6) is -1.33. The van der Waals surface area contributed by atoms with Crippen LogP contribution in [0.3, 0.4) is 0 Å². The highest BCUT2D eigenvalue weighted by molar-refractivity contribution is 6.41. The van der Waals surface area contributed by atoms with E-state index in [0.717, 1.165) is 24.3 Å². The summed E-state index contributed by atoms with van der Waals surface area (Å²) in [6.45, 7) is 0.845. The van der Waals surface area contributed by atoms with E-state index in [2.05, 4.69) is 10.6 Å². The van der Waals surface area contributed by atoms with Gasteiger partial charge < -0.3 is 5.32 Å². The largest absolute Gasteiger partial charge is 0.335 e. The molecule has 1 unspecified atom stereocenters. The molecule has 3 rings (SSSR count). The Morgan fingerprint density at radius 1 is 1.23 bits per heavy atom. The van der Waals surface area contributed by atoms with Crippen LogP contribution in [0.1, 0.15) is 12.8 Å². The third kappa shape index (κ3) is 2.63. The molecule has 2 N–H and O–H groups in total. The van der Waals surface area contributed by atoms with Gasteiger partial charge in [0.05, 0.1) is 10.7 Å². The van der Waals surface area contributed by atoms with Crippen LogP contribution in [-0.4, -0.2) is 30.4 Å². The second kappa shape index (κ2) is 5.90. The van der Waals surface area contributed by atoms with Crippen LogP contribution in [0.15, 0.2) is 35.9 Å². The number of rotatable bonds is 2. The molecule has 0 radical (unpaired) electrons. The lowest BCUT2D eigenvalue weighted by Gasteiger charge is -2.27. The summed E-state index contributed by atoms with van der Waals surface area (Å²) >= 11 is 6.05. The van der Waals surface area contributed by atoms with E-state index in [1.165, 1.54) is 0 Å². The minimum atomic E-state index is -0.792. The summed E-state index contributed by atoms with van der Waals surface area (Å²) in [7, 11) is 0. The van der Waals surface area contributed by atoms with Crippen LogP contribution >= 0.6 is 11.6 Å². The fourth-order valence-corrected chi connectivity index (χ4v) is 2.80. The number of para-hydroxylation sites is 1. The summed E-state index contributed by atoms with van der Waals surface area (Å²) < 4.78 is 0. The quantitative estimate of drug-likeness (QED) is 0.641. The van der Waals surface area contributed by atoms with Crippen molar-refractivity contribution >= 4 is 35.1 Å². The summed E-state index contributed by atoms with van der Waals surface area (Å²) in [6.07, 6.45) is 3.42. The molecule has 0 saturated carbocycles. The van der Waals surface area contributed by atoms with Gasteiger partial charge in [-0.05, 0) is 37.6 Å². The first kappa shape index (κ1) is 14.7. The van der Waals surface area contributed by atoms with Crippen molar-refractivity contribution in [2.75, 3.05) is 11.4 Å². The van der Waals surface area contributed by atoms with Gasteiger partial charge in [-0.3, -0.25) is 14.9 Å². The molecular weight excluding hydrogens is 306 g/mol. The smallest absolute Gasteiger partial charge is 0.310 e. The average molecular weight is 320 g/mol. The molecule has 2 saturated heterocycles. The van der Waals surface area contributed by atoms with Gasteiger partial charge in [-0.2, -0.15) is 0 Å². The molecular formula is C15H14ClN3O3. The molecule has 22 heavy (non-hydrogen) atoms. The van der Waals surface area contributed by atoms with Crippen molar-refractivity contribution in [1.29, 1.82) is 0 Å². The van der Waals surface area contributed by atoms with Crippen LogP contribution in [0.25, 0.3) is 0 Å². The monoisotopic (exact) mass is 319 g/mol. The number of anilines is 1. The van der Waals surface area contributed by atoms with E-state index >= 15 is 0 Å². The maximum absolute atomic E-state index is 12.6. The van der Waals surface area contributed by atoms with Crippen molar-refractivity contribution in [3.63, 3.8) is 0 Å². The molecule has 0 bridgehead atoms. The molecule has 2 aliphatic heterocycles. The highest BCUT2D eigenvalue weighted by Crippen LogP contribution is 2.28. The third-order valence-electron chi connectivity index (χ3n) is 3.66. The van der Waals surface area contributed by atoms with Crippen LogP contribution < -0.4 is 15.5 Å². The summed E-state index contributed by atoms with van der Waals surface area (Å²) in [5.41, 5.74) is 0.211. The standard InChI is InChI=1S/C15H14ClN3O3/c16-11-5-1-2-6-12(11)19-14(21)10(13(20)18-15(19)22)8-9-4-3-7-17-9/h1-2,5-6,8-9,17H,3-4,7H2,(H,18,20,22)/b10-8+. The number of amides is 4. The summed E-state index contributed by atoms with van der Waals surface area (Å²) in [6, 6.07) is 5.67. The van der Waals surface area contributed by atoms with Crippen molar-refractivity contribution < 1.29 is 14.4 Å². The maximum atomic E-state index is 12.6. The Bertz CT molecular complexity index is 680. The van der Waals surface area contributed by atoms with Gasteiger partial charge in [-0.15, -0.1) is 0 Å². The molecule has 1 atom stereocenters. The first-order valence-corrected chi connectivity index (χ1v) is 7.35. The van der Waals surface area contributed by atoms with E-state index in [1.54, 1.807) is 30.3 Å². The number of imide groups is 2. The molecule has 2 aliphatic rings. The molecule has 0 aromatic heterocycles. The van der Waals surface area contributed by atoms with Gasteiger partial charge in [0.2, 0.25) is 0 Å². The average Bonchev–Trinajstić information content (AvgIpc) is 2.98. The van der Waals surface area contributed by atoms with Crippen molar-refractivity contribution in [3.8, 4) is 0 Å². The van der Waals surface area contributed by atoms with E-state index in [9.17, 15) is 14.4 Å². The number of carbonyl (C=O) groups is 3. The maximum Gasteiger partial charge on any atom is 0.335 e. The second-order valence-electron chi connectivity index (χ2n) is 5.13. The molecule has 0 spiro atoms. The van der Waals surface area contributed by atoms with E-state index in [4.69, 9.17) is 11.6 Å². The zero-order valence-electron chi connectivity index (χ0n) is 11.6. The number of hydrogen-bond acceptors (Lipinski definition) is 4. The van der Waals surface area contributed by atoms with Crippen LogP contribution in [-0.2, 0) is 9.59 Å². The van der Waals surface area contributed by atoms with Gasteiger partial charge in [0.1, 0.15) is 5.57 Å². The van der Waals surface area contributed by atoms with Gasteiger partial charge in [-0.25, -0.2) is 9.69 Å². The molecule has 2 heterocycles. The summed E-state index contributed by atoms with van der Waals surface area (Å²) in [5, 5.41) is 5.63. The predicted octanol–water partition coefficient (Wildman–Crippen LogP) is 1.60. The lowest BCUT2D eigenvalue weighted by Crippen LogP contribution is -2.54. The first-order valence-electron chi connectivity index (χ1n) is 6.97. The fourth-order valence-electron chi connectivity index (χ4n) is 2.58. The number of nitrogens with zero attached hydrogens (tertiary/aromatic N) is 1. The number of urea groups is 1. The van der Waals surface area contributed by atoms with Gasteiger partial charge in [0.15, 0.2) is 0 Å². The van der Waals surface area contributed by atoms with Crippen LogP contribution in [0.5, 0.6) is 0 Å². The van der Waals surface area contributed by atoms with Crippen LogP contribution in [0, 0.1) is 0 Å². The fraction of sp³-hybridized carbons (Fsp3) is 0.267. The lowest BCUT2D eigenvalue weighted by molar-refractivity contribution is -0.122. The number of barbiturate groups is 1. The van der Waals surface area contributed by atoms with E-state index in [1.807, 2.05) is 0 Å². The Kier molecular flexibility index (Phi) is 3.96. The van der Waals surface area contributed by atoms with Gasteiger partial charge in [0.25, 0.3) is 11.8 Å². The van der Waals surface area contributed by atoms with Gasteiger partial charge in [-0.1, -0.05) is 23.7 Å². The highest BCUT2D eigenvalue weighted by atomic mass is 35.5. The van der Waals surface area contributed by atoms with Crippen molar-refractivity contribution in [1.82, 2.24) is 10.6 Å². The Morgan fingerprint density at radius 3 is 2.68 bits per heavy atom. The lowest BCUT2D eigenvalue weighted by atomic mass is 10.1. The van der Waals surface area contributed by atoms with E-state index in [0.29, 0.717) is 0 Å². The number of halogens is 1. The third-order valence-corrected chi connectivity index (χ3v) is 3.98. The Morgan fingerprint density at radius 2 is 2.00 bits per heavy atom. The zero-order valence-corrected chi connectivity index (χ0v) is 12.4. The van der Waals surface area contributed by atoms with E-state index < -0.39 is 17.8 Å². The Labute approximate surface area is 132 Å². The molecule has 1 aromatic carbocycles.